The molecule has 0 aromatic heterocycles. The summed E-state index contributed by atoms with van der Waals surface area (Å²) in [7, 11) is 0. The maximum Gasteiger partial charge on any atom is 0.143 e. The molecule has 1 aliphatic rings. The molecule has 1 nitrogen and oxygen atoms in total. The van der Waals surface area contributed by atoms with Gasteiger partial charge in [-0.15, -0.1) is 0 Å². The first-order chi connectivity index (χ1) is 8.94. The molecule has 4 heteroatoms. The third-order valence-corrected chi connectivity index (χ3v) is 4.95. The number of hydrogen-bond acceptors (Lipinski definition) is 1. The number of halogens is 3. The molecule has 0 heterocycles. The van der Waals surface area contributed by atoms with Gasteiger partial charge in [0.05, 0.1) is 10.6 Å². The first-order valence-corrected chi connectivity index (χ1v) is 7.54. The fourth-order valence-electron chi connectivity index (χ4n) is 2.89. The Balaban J connectivity index is 2.19. The zero-order chi connectivity index (χ0) is 14.0. The van der Waals surface area contributed by atoms with Crippen LogP contribution < -0.4 is 0 Å². The highest BCUT2D eigenvalue weighted by atomic mass is 79.9. The van der Waals surface area contributed by atoms with Gasteiger partial charge in [-0.3, -0.25) is 0 Å². The summed E-state index contributed by atoms with van der Waals surface area (Å²) in [4.78, 5) is 0. The fourth-order valence-corrected chi connectivity index (χ4v) is 3.26. The van der Waals surface area contributed by atoms with E-state index in [2.05, 4.69) is 15.9 Å². The van der Waals surface area contributed by atoms with E-state index in [1.54, 1.807) is 0 Å². The summed E-state index contributed by atoms with van der Waals surface area (Å²) in [5.74, 6) is -1.18. The van der Waals surface area contributed by atoms with Gasteiger partial charge in [-0.2, -0.15) is 0 Å². The van der Waals surface area contributed by atoms with E-state index < -0.39 is 17.7 Å². The molecule has 2 rings (SSSR count). The monoisotopic (exact) mass is 332 g/mol. The average Bonchev–Trinajstić information content (AvgIpc) is 2.40. The first kappa shape index (κ1) is 14.9. The molecule has 1 aromatic carbocycles. The lowest BCUT2D eigenvalue weighted by Crippen LogP contribution is -2.36. The zero-order valence-corrected chi connectivity index (χ0v) is 12.6. The minimum Gasteiger partial charge on any atom is -0.392 e. The van der Waals surface area contributed by atoms with Crippen LogP contribution in [0.1, 0.15) is 44.6 Å². The van der Waals surface area contributed by atoms with Crippen LogP contribution in [-0.2, 0) is 6.42 Å². The largest absolute Gasteiger partial charge is 0.392 e. The van der Waals surface area contributed by atoms with Crippen molar-refractivity contribution in [2.75, 3.05) is 0 Å². The van der Waals surface area contributed by atoms with E-state index in [4.69, 9.17) is 0 Å². The van der Waals surface area contributed by atoms with E-state index >= 15 is 0 Å². The highest BCUT2D eigenvalue weighted by Gasteiger charge is 2.35. The molecule has 0 radical (unpaired) electrons. The molecule has 1 unspecified atom stereocenters. The molecular weight excluding hydrogens is 314 g/mol. The van der Waals surface area contributed by atoms with Gasteiger partial charge < -0.3 is 5.11 Å². The quantitative estimate of drug-likeness (QED) is 0.802. The van der Waals surface area contributed by atoms with E-state index in [1.807, 2.05) is 6.92 Å². The first-order valence-electron chi connectivity index (χ1n) is 6.74. The molecule has 1 aromatic rings. The third kappa shape index (κ3) is 3.16. The molecule has 0 aliphatic heterocycles. The van der Waals surface area contributed by atoms with E-state index in [9.17, 15) is 13.9 Å². The maximum atomic E-state index is 13.9. The van der Waals surface area contributed by atoms with Gasteiger partial charge in [0.15, 0.2) is 0 Å². The Morgan fingerprint density at radius 3 is 2.53 bits per heavy atom. The van der Waals surface area contributed by atoms with Crippen molar-refractivity contribution in [1.29, 1.82) is 0 Å². The topological polar surface area (TPSA) is 20.2 Å². The molecule has 0 spiro atoms. The Bertz CT molecular complexity index is 456. The number of aliphatic hydroxyl groups is 1. The number of hydrogen-bond donors (Lipinski definition) is 1. The van der Waals surface area contributed by atoms with Crippen molar-refractivity contribution in [3.8, 4) is 0 Å². The predicted molar refractivity (Wildman–Crippen MR) is 75.0 cm³/mol. The van der Waals surface area contributed by atoms with Gasteiger partial charge in [-0.25, -0.2) is 8.78 Å². The molecule has 0 saturated heterocycles. The van der Waals surface area contributed by atoms with Crippen LogP contribution in [0.25, 0.3) is 0 Å². The minimum atomic E-state index is -0.703. The highest BCUT2D eigenvalue weighted by molar-refractivity contribution is 9.10. The average molecular weight is 333 g/mol. The van der Waals surface area contributed by atoms with E-state index in [-0.39, 0.29) is 21.9 Å². The number of rotatable bonds is 3. The summed E-state index contributed by atoms with van der Waals surface area (Å²) in [6, 6.07) is 2.58. The summed E-state index contributed by atoms with van der Waals surface area (Å²) >= 11 is 3.06. The Morgan fingerprint density at radius 1 is 1.26 bits per heavy atom. The van der Waals surface area contributed by atoms with Gasteiger partial charge in [-0.1, -0.05) is 26.2 Å². The van der Waals surface area contributed by atoms with E-state index in [0.717, 1.165) is 25.7 Å². The summed E-state index contributed by atoms with van der Waals surface area (Å²) < 4.78 is 27.9. The van der Waals surface area contributed by atoms with Gasteiger partial charge in [0.1, 0.15) is 11.6 Å². The molecule has 106 valence electrons. The lowest BCUT2D eigenvalue weighted by molar-refractivity contribution is 0.00932. The normalized spacial score (nSPS) is 20.3. The lowest BCUT2D eigenvalue weighted by atomic mass is 9.70. The van der Waals surface area contributed by atoms with Crippen molar-refractivity contribution in [2.45, 2.75) is 51.6 Å². The molecule has 1 N–H and O–H groups in total. The van der Waals surface area contributed by atoms with Crippen molar-refractivity contribution in [3.63, 3.8) is 0 Å². The molecule has 1 atom stereocenters. The summed E-state index contributed by atoms with van der Waals surface area (Å²) in [6.07, 6.45) is 4.52. The Kier molecular flexibility index (Phi) is 4.62. The second-order valence-electron chi connectivity index (χ2n) is 5.76. The fraction of sp³-hybridized carbons (Fsp3) is 0.600. The Hall–Kier alpha value is -0.480. The second-order valence-corrected chi connectivity index (χ2v) is 6.61. The summed E-state index contributed by atoms with van der Waals surface area (Å²) in [5, 5.41) is 10.4. The molecule has 0 bridgehead atoms. The Morgan fingerprint density at radius 2 is 1.89 bits per heavy atom. The molecular formula is C15H19BrF2O. The molecule has 1 fully saturated rings. The SMILES string of the molecule is CC1(C(O)Cc2c(F)ccc(Br)c2F)CCCCC1. The van der Waals surface area contributed by atoms with Crippen molar-refractivity contribution in [2.24, 2.45) is 5.41 Å². The van der Waals surface area contributed by atoms with E-state index in [1.165, 1.54) is 18.6 Å². The van der Waals surface area contributed by atoms with Gasteiger partial charge in [0.2, 0.25) is 0 Å². The van der Waals surface area contributed by atoms with Crippen LogP contribution in [0.5, 0.6) is 0 Å². The zero-order valence-electron chi connectivity index (χ0n) is 11.1. The van der Waals surface area contributed by atoms with Crippen LogP contribution in [0.4, 0.5) is 8.78 Å². The van der Waals surface area contributed by atoms with Crippen LogP contribution >= 0.6 is 15.9 Å². The van der Waals surface area contributed by atoms with Crippen LogP contribution in [0.15, 0.2) is 16.6 Å². The van der Waals surface area contributed by atoms with Gasteiger partial charge in [0.25, 0.3) is 0 Å². The molecule has 19 heavy (non-hydrogen) atoms. The van der Waals surface area contributed by atoms with Crippen molar-refractivity contribution in [3.05, 3.63) is 33.8 Å². The van der Waals surface area contributed by atoms with Crippen molar-refractivity contribution >= 4 is 15.9 Å². The van der Waals surface area contributed by atoms with Gasteiger partial charge in [0, 0.05) is 12.0 Å². The Labute approximate surface area is 121 Å². The van der Waals surface area contributed by atoms with Crippen LogP contribution in [0.3, 0.4) is 0 Å². The van der Waals surface area contributed by atoms with Crippen LogP contribution in [0, 0.1) is 17.0 Å². The second kappa shape index (κ2) is 5.88. The lowest BCUT2D eigenvalue weighted by Gasteiger charge is -2.38. The summed E-state index contributed by atoms with van der Waals surface area (Å²) in [5.41, 5.74) is -0.243. The predicted octanol–water partition coefficient (Wildman–Crippen LogP) is 4.60. The number of aliphatic hydroxyl groups excluding tert-OH is 1. The third-order valence-electron chi connectivity index (χ3n) is 4.34. The maximum absolute atomic E-state index is 13.9. The number of benzene rings is 1. The van der Waals surface area contributed by atoms with Crippen molar-refractivity contribution in [1.82, 2.24) is 0 Å². The summed E-state index contributed by atoms with van der Waals surface area (Å²) in [6.45, 7) is 2.02. The van der Waals surface area contributed by atoms with E-state index in [0.29, 0.717) is 0 Å². The van der Waals surface area contributed by atoms with Crippen LogP contribution in [0.2, 0.25) is 0 Å². The molecule has 1 aliphatic carbocycles. The van der Waals surface area contributed by atoms with Crippen LogP contribution in [-0.4, -0.2) is 11.2 Å². The smallest absolute Gasteiger partial charge is 0.143 e. The minimum absolute atomic E-state index is 0.0197. The molecule has 0 amide bonds. The van der Waals surface area contributed by atoms with Gasteiger partial charge >= 0.3 is 0 Å². The van der Waals surface area contributed by atoms with Gasteiger partial charge in [-0.05, 0) is 46.3 Å². The van der Waals surface area contributed by atoms with Crippen molar-refractivity contribution < 1.29 is 13.9 Å². The standard InChI is InChI=1S/C15H19BrF2O/c1-15(7-3-2-4-8-15)13(19)9-10-12(17)6-5-11(16)14(10)18/h5-6,13,19H,2-4,7-9H2,1H3. The highest BCUT2D eigenvalue weighted by Crippen LogP contribution is 2.40. The molecule has 1 saturated carbocycles.